The minimum atomic E-state index is -0.464. The Hall–Kier alpha value is -0.380. The van der Waals surface area contributed by atoms with Crippen LogP contribution >= 0.6 is 0 Å². The summed E-state index contributed by atoms with van der Waals surface area (Å²) in [7, 11) is 0. The van der Waals surface area contributed by atoms with Crippen LogP contribution in [-0.4, -0.2) is 18.5 Å². The number of hydrogen-bond donors (Lipinski definition) is 0. The van der Waals surface area contributed by atoms with Crippen molar-refractivity contribution in [3.8, 4) is 0 Å². The van der Waals surface area contributed by atoms with Gasteiger partial charge in [0.15, 0.2) is 0 Å². The van der Waals surface area contributed by atoms with Crippen LogP contribution in [0.3, 0.4) is 0 Å². The molecule has 3 fully saturated rings. The normalized spacial score (nSPS) is 38.9. The third-order valence-corrected chi connectivity index (χ3v) is 5.22. The highest BCUT2D eigenvalue weighted by atomic mass is 17.2. The first-order chi connectivity index (χ1) is 8.48. The summed E-state index contributed by atoms with van der Waals surface area (Å²) in [4.78, 5) is 11.4. The number of ether oxygens (including phenoxy) is 1. The van der Waals surface area contributed by atoms with Crippen LogP contribution in [0.2, 0.25) is 0 Å². The Morgan fingerprint density at radius 3 is 2.61 bits per heavy atom. The molecule has 0 amide bonds. The van der Waals surface area contributed by atoms with Crippen molar-refractivity contribution in [2.24, 2.45) is 17.3 Å². The summed E-state index contributed by atoms with van der Waals surface area (Å²) in [5, 5.41) is 0. The maximum absolute atomic E-state index is 5.87. The quantitative estimate of drug-likeness (QED) is 0.313. The van der Waals surface area contributed by atoms with Gasteiger partial charge in [0, 0.05) is 12.0 Å². The molecule has 104 valence electrons. The Morgan fingerprint density at radius 2 is 2.11 bits per heavy atom. The molecule has 3 heteroatoms. The fourth-order valence-electron chi connectivity index (χ4n) is 3.74. The zero-order chi connectivity index (χ0) is 13.4. The predicted molar refractivity (Wildman–Crippen MR) is 70.8 cm³/mol. The second-order valence-corrected chi connectivity index (χ2v) is 6.23. The molecule has 3 nitrogen and oxygen atoms in total. The van der Waals surface area contributed by atoms with Crippen molar-refractivity contribution in [3.05, 3.63) is 12.7 Å². The molecule has 0 saturated heterocycles. The van der Waals surface area contributed by atoms with Gasteiger partial charge < -0.3 is 4.74 Å². The van der Waals surface area contributed by atoms with Gasteiger partial charge in [-0.1, -0.05) is 27.4 Å². The van der Waals surface area contributed by atoms with E-state index >= 15 is 0 Å². The van der Waals surface area contributed by atoms with E-state index in [1.807, 2.05) is 6.92 Å². The summed E-state index contributed by atoms with van der Waals surface area (Å²) >= 11 is 0. The monoisotopic (exact) mass is 254 g/mol. The maximum atomic E-state index is 5.87. The number of hydrogen-bond acceptors (Lipinski definition) is 3. The van der Waals surface area contributed by atoms with Crippen molar-refractivity contribution in [1.29, 1.82) is 0 Å². The highest BCUT2D eigenvalue weighted by Crippen LogP contribution is 2.65. The lowest BCUT2D eigenvalue weighted by molar-refractivity contribution is -0.474. The number of fused-ring (bicyclic) bond motifs is 2. The molecule has 3 rings (SSSR count). The van der Waals surface area contributed by atoms with Crippen LogP contribution in [0.25, 0.3) is 0 Å². The molecule has 0 heterocycles. The standard InChI is InChI=1S/C15H26O3/c1-6-13(16-7-2)17-18-15-10-12(14(15,4)5)9-8-11(15)3/h6,11-13H,1,7-10H2,2-5H3. The molecule has 0 aromatic carbocycles. The van der Waals surface area contributed by atoms with Gasteiger partial charge in [-0.25, -0.2) is 4.89 Å². The minimum absolute atomic E-state index is 0.145. The van der Waals surface area contributed by atoms with E-state index in [2.05, 4.69) is 27.4 Å². The van der Waals surface area contributed by atoms with E-state index in [4.69, 9.17) is 14.5 Å². The van der Waals surface area contributed by atoms with Gasteiger partial charge in [-0.15, -0.1) is 0 Å². The summed E-state index contributed by atoms with van der Waals surface area (Å²) in [5.74, 6) is 1.30. The third-order valence-electron chi connectivity index (χ3n) is 5.22. The van der Waals surface area contributed by atoms with Crippen molar-refractivity contribution < 1.29 is 14.5 Å². The molecular formula is C15H26O3. The van der Waals surface area contributed by atoms with Gasteiger partial charge >= 0.3 is 0 Å². The van der Waals surface area contributed by atoms with Gasteiger partial charge in [-0.05, 0) is 44.1 Å². The first-order valence-electron chi connectivity index (χ1n) is 7.06. The smallest absolute Gasteiger partial charge is 0.210 e. The molecule has 18 heavy (non-hydrogen) atoms. The fraction of sp³-hybridized carbons (Fsp3) is 0.867. The Labute approximate surface area is 110 Å². The van der Waals surface area contributed by atoms with Crippen LogP contribution in [0.5, 0.6) is 0 Å². The molecule has 3 aliphatic carbocycles. The fourth-order valence-corrected chi connectivity index (χ4v) is 3.74. The molecule has 0 aromatic heterocycles. The second kappa shape index (κ2) is 4.95. The molecule has 0 radical (unpaired) electrons. The molecule has 3 aliphatic rings. The molecule has 4 atom stereocenters. The highest BCUT2D eigenvalue weighted by molar-refractivity contribution is 5.14. The van der Waals surface area contributed by atoms with E-state index in [1.54, 1.807) is 6.08 Å². The van der Waals surface area contributed by atoms with Crippen molar-refractivity contribution in [3.63, 3.8) is 0 Å². The molecular weight excluding hydrogens is 228 g/mol. The predicted octanol–water partition coefficient (Wildman–Crippen LogP) is 3.70. The first kappa shape index (κ1) is 14.0. The average molecular weight is 254 g/mol. The number of rotatable bonds is 6. The van der Waals surface area contributed by atoms with Crippen molar-refractivity contribution in [2.75, 3.05) is 6.61 Å². The van der Waals surface area contributed by atoms with Gasteiger partial charge in [0.1, 0.15) is 5.60 Å². The van der Waals surface area contributed by atoms with Crippen LogP contribution in [0.1, 0.15) is 47.0 Å². The average Bonchev–Trinajstić information content (AvgIpc) is 2.35. The summed E-state index contributed by atoms with van der Waals surface area (Å²) in [5.41, 5.74) is 0.0525. The van der Waals surface area contributed by atoms with Gasteiger partial charge in [-0.2, -0.15) is 4.89 Å². The van der Waals surface area contributed by atoms with Gasteiger partial charge in [-0.3, -0.25) is 0 Å². The second-order valence-electron chi connectivity index (χ2n) is 6.23. The SMILES string of the molecule is C=CC(OCC)OOC12CC(CCC1C)C2(C)C. The topological polar surface area (TPSA) is 27.7 Å². The molecule has 0 N–H and O–H groups in total. The van der Waals surface area contributed by atoms with Gasteiger partial charge in [0.2, 0.25) is 6.29 Å². The lowest BCUT2D eigenvalue weighted by Crippen LogP contribution is -2.68. The third kappa shape index (κ3) is 1.93. The summed E-state index contributed by atoms with van der Waals surface area (Å²) in [6.07, 6.45) is 4.82. The van der Waals surface area contributed by atoms with E-state index < -0.39 is 6.29 Å². The Morgan fingerprint density at radius 1 is 1.39 bits per heavy atom. The van der Waals surface area contributed by atoms with Crippen LogP contribution in [0.15, 0.2) is 12.7 Å². The summed E-state index contributed by atoms with van der Waals surface area (Å²) in [6, 6.07) is 0. The highest BCUT2D eigenvalue weighted by Gasteiger charge is 2.66. The van der Waals surface area contributed by atoms with Crippen molar-refractivity contribution in [1.82, 2.24) is 0 Å². The van der Waals surface area contributed by atoms with Crippen LogP contribution in [0.4, 0.5) is 0 Å². The summed E-state index contributed by atoms with van der Waals surface area (Å²) in [6.45, 7) is 13.1. The Kier molecular flexibility index (Phi) is 3.86. The Bertz CT molecular complexity index is 313. The zero-order valence-corrected chi connectivity index (χ0v) is 12.1. The zero-order valence-electron chi connectivity index (χ0n) is 12.1. The van der Waals surface area contributed by atoms with E-state index in [9.17, 15) is 0 Å². The molecule has 0 aliphatic heterocycles. The first-order valence-corrected chi connectivity index (χ1v) is 7.06. The Balaban J connectivity index is 2.00. The van der Waals surface area contributed by atoms with E-state index in [0.29, 0.717) is 12.5 Å². The lowest BCUT2D eigenvalue weighted by Gasteiger charge is -2.66. The lowest BCUT2D eigenvalue weighted by atomic mass is 9.43. The van der Waals surface area contributed by atoms with E-state index in [-0.39, 0.29) is 11.0 Å². The molecule has 0 spiro atoms. The van der Waals surface area contributed by atoms with E-state index in [0.717, 1.165) is 12.3 Å². The van der Waals surface area contributed by atoms with Crippen LogP contribution in [-0.2, 0) is 14.5 Å². The minimum Gasteiger partial charge on any atom is -0.347 e. The van der Waals surface area contributed by atoms with Crippen LogP contribution in [0, 0.1) is 17.3 Å². The van der Waals surface area contributed by atoms with E-state index in [1.165, 1.54) is 12.8 Å². The van der Waals surface area contributed by atoms with Crippen molar-refractivity contribution in [2.45, 2.75) is 58.8 Å². The molecule has 0 aromatic rings. The largest absolute Gasteiger partial charge is 0.347 e. The van der Waals surface area contributed by atoms with Crippen molar-refractivity contribution >= 4 is 0 Å². The van der Waals surface area contributed by atoms with Gasteiger partial charge in [0.05, 0.1) is 0 Å². The molecule has 4 unspecified atom stereocenters. The summed E-state index contributed by atoms with van der Waals surface area (Å²) < 4.78 is 5.38. The van der Waals surface area contributed by atoms with Gasteiger partial charge in [0.25, 0.3) is 0 Å². The molecule has 2 bridgehead atoms. The maximum Gasteiger partial charge on any atom is 0.210 e. The van der Waals surface area contributed by atoms with Crippen LogP contribution < -0.4 is 0 Å². The molecule has 3 saturated carbocycles.